The lowest BCUT2D eigenvalue weighted by molar-refractivity contribution is 0.412. The van der Waals surface area contributed by atoms with Crippen molar-refractivity contribution in [3.05, 3.63) is 69.2 Å². The number of nitrogens with zero attached hydrogens (tertiary/aromatic N) is 2. The Kier molecular flexibility index (Phi) is 4.64. The zero-order valence-corrected chi connectivity index (χ0v) is 14.1. The smallest absolute Gasteiger partial charge is 0.200 e. The zero-order chi connectivity index (χ0) is 17.3. The number of nitrogens with one attached hydrogen (secondary N) is 1. The SMILES string of the molecule is COc1ccc(Cl)cc1-n1c(Cc2cc(F)cc(F)c2)n[nH]c1=S. The minimum absolute atomic E-state index is 0.178. The highest BCUT2D eigenvalue weighted by Crippen LogP contribution is 2.28. The lowest BCUT2D eigenvalue weighted by atomic mass is 10.1. The number of aromatic nitrogens is 3. The molecule has 3 rings (SSSR count). The van der Waals surface area contributed by atoms with Crippen molar-refractivity contribution < 1.29 is 13.5 Å². The minimum Gasteiger partial charge on any atom is -0.495 e. The molecule has 2 aromatic carbocycles. The third kappa shape index (κ3) is 3.32. The van der Waals surface area contributed by atoms with Gasteiger partial charge in [0.15, 0.2) is 4.77 Å². The van der Waals surface area contributed by atoms with Crippen LogP contribution in [0.3, 0.4) is 0 Å². The van der Waals surface area contributed by atoms with Crippen LogP contribution in [0, 0.1) is 16.4 Å². The summed E-state index contributed by atoms with van der Waals surface area (Å²) in [6, 6.07) is 8.40. The van der Waals surface area contributed by atoms with E-state index in [1.807, 2.05) is 0 Å². The van der Waals surface area contributed by atoms with Crippen molar-refractivity contribution in [2.75, 3.05) is 7.11 Å². The summed E-state index contributed by atoms with van der Waals surface area (Å²) in [5, 5.41) is 7.34. The monoisotopic (exact) mass is 367 g/mol. The first kappa shape index (κ1) is 16.6. The van der Waals surface area contributed by atoms with E-state index in [0.29, 0.717) is 32.6 Å². The first-order chi connectivity index (χ1) is 11.5. The number of halogens is 3. The van der Waals surface area contributed by atoms with Crippen molar-refractivity contribution in [1.29, 1.82) is 0 Å². The second kappa shape index (κ2) is 6.70. The summed E-state index contributed by atoms with van der Waals surface area (Å²) in [5.74, 6) is -0.272. The van der Waals surface area contributed by atoms with Crippen molar-refractivity contribution in [3.8, 4) is 11.4 Å². The number of ether oxygens (including phenoxy) is 1. The number of rotatable bonds is 4. The van der Waals surface area contributed by atoms with E-state index in [4.69, 9.17) is 28.6 Å². The average Bonchev–Trinajstić information content (AvgIpc) is 2.86. The first-order valence-corrected chi connectivity index (χ1v) is 7.71. The molecule has 4 nitrogen and oxygen atoms in total. The van der Waals surface area contributed by atoms with Crippen molar-refractivity contribution in [3.63, 3.8) is 0 Å². The van der Waals surface area contributed by atoms with E-state index in [2.05, 4.69) is 10.2 Å². The molecule has 0 bridgehead atoms. The predicted octanol–water partition coefficient (Wildman–Crippen LogP) is 4.46. The second-order valence-electron chi connectivity index (χ2n) is 5.05. The first-order valence-electron chi connectivity index (χ1n) is 6.93. The van der Waals surface area contributed by atoms with Gasteiger partial charge in [-0.2, -0.15) is 5.10 Å². The average molecular weight is 368 g/mol. The number of aromatic amines is 1. The van der Waals surface area contributed by atoms with Crippen molar-refractivity contribution in [1.82, 2.24) is 14.8 Å². The molecule has 0 saturated carbocycles. The molecule has 1 N–H and O–H groups in total. The normalized spacial score (nSPS) is 10.8. The van der Waals surface area contributed by atoms with Gasteiger partial charge in [-0.25, -0.2) is 8.78 Å². The molecule has 124 valence electrons. The molecular weight excluding hydrogens is 356 g/mol. The topological polar surface area (TPSA) is 42.8 Å². The lowest BCUT2D eigenvalue weighted by Crippen LogP contribution is -2.05. The Morgan fingerprint density at radius 1 is 1.21 bits per heavy atom. The summed E-state index contributed by atoms with van der Waals surface area (Å²) in [5.41, 5.74) is 1.03. The quantitative estimate of drug-likeness (QED) is 0.692. The van der Waals surface area contributed by atoms with E-state index < -0.39 is 11.6 Å². The van der Waals surface area contributed by atoms with E-state index in [0.717, 1.165) is 6.07 Å². The molecular formula is C16H12ClF2N3OS. The number of methoxy groups -OCH3 is 1. The lowest BCUT2D eigenvalue weighted by Gasteiger charge is -2.12. The minimum atomic E-state index is -0.647. The number of benzene rings is 2. The van der Waals surface area contributed by atoms with Crippen LogP contribution in [0.2, 0.25) is 5.02 Å². The van der Waals surface area contributed by atoms with Gasteiger partial charge in [-0.3, -0.25) is 9.67 Å². The molecule has 0 amide bonds. The van der Waals surface area contributed by atoms with E-state index >= 15 is 0 Å². The summed E-state index contributed by atoms with van der Waals surface area (Å²) in [6.07, 6.45) is 0.178. The van der Waals surface area contributed by atoms with E-state index in [-0.39, 0.29) is 6.42 Å². The molecule has 3 aromatic rings. The summed E-state index contributed by atoms with van der Waals surface area (Å²) < 4.78 is 34.1. The fraction of sp³-hybridized carbons (Fsp3) is 0.125. The fourth-order valence-corrected chi connectivity index (χ4v) is 2.85. The molecule has 0 atom stereocenters. The van der Waals surface area contributed by atoms with Gasteiger partial charge in [0.1, 0.15) is 23.2 Å². The highest BCUT2D eigenvalue weighted by molar-refractivity contribution is 7.71. The summed E-state index contributed by atoms with van der Waals surface area (Å²) in [7, 11) is 1.53. The van der Waals surface area contributed by atoms with Crippen LogP contribution in [0.4, 0.5) is 8.78 Å². The molecule has 1 heterocycles. The Morgan fingerprint density at radius 2 is 1.92 bits per heavy atom. The summed E-state index contributed by atoms with van der Waals surface area (Å²) in [6.45, 7) is 0. The van der Waals surface area contributed by atoms with Gasteiger partial charge in [0.2, 0.25) is 0 Å². The molecule has 0 aliphatic rings. The van der Waals surface area contributed by atoms with Crippen LogP contribution in [0.5, 0.6) is 5.75 Å². The van der Waals surface area contributed by atoms with Crippen LogP contribution in [-0.4, -0.2) is 21.9 Å². The van der Waals surface area contributed by atoms with Crippen LogP contribution in [0.15, 0.2) is 36.4 Å². The van der Waals surface area contributed by atoms with Gasteiger partial charge in [0.25, 0.3) is 0 Å². The third-order valence-corrected chi connectivity index (χ3v) is 3.92. The molecule has 0 radical (unpaired) electrons. The Bertz CT molecular complexity index is 934. The molecule has 0 aliphatic carbocycles. The van der Waals surface area contributed by atoms with Crippen molar-refractivity contribution in [2.24, 2.45) is 0 Å². The largest absolute Gasteiger partial charge is 0.495 e. The highest BCUT2D eigenvalue weighted by atomic mass is 35.5. The van der Waals surface area contributed by atoms with Crippen LogP contribution in [0.1, 0.15) is 11.4 Å². The second-order valence-corrected chi connectivity index (χ2v) is 5.87. The molecule has 0 spiro atoms. The van der Waals surface area contributed by atoms with Gasteiger partial charge < -0.3 is 4.74 Å². The number of hydrogen-bond donors (Lipinski definition) is 1. The third-order valence-electron chi connectivity index (χ3n) is 3.41. The maximum atomic E-state index is 13.4. The Morgan fingerprint density at radius 3 is 2.58 bits per heavy atom. The van der Waals surface area contributed by atoms with Gasteiger partial charge >= 0.3 is 0 Å². The maximum absolute atomic E-state index is 13.4. The summed E-state index contributed by atoms with van der Waals surface area (Å²) >= 11 is 11.3. The Hall–Kier alpha value is -2.25. The summed E-state index contributed by atoms with van der Waals surface area (Å²) in [4.78, 5) is 0. The van der Waals surface area contributed by atoms with Crippen LogP contribution >= 0.6 is 23.8 Å². The van der Waals surface area contributed by atoms with Crippen molar-refractivity contribution in [2.45, 2.75) is 6.42 Å². The molecule has 24 heavy (non-hydrogen) atoms. The van der Waals surface area contributed by atoms with Crippen molar-refractivity contribution >= 4 is 23.8 Å². The van der Waals surface area contributed by atoms with Gasteiger partial charge in [-0.1, -0.05) is 11.6 Å². The van der Waals surface area contributed by atoms with E-state index in [1.54, 1.807) is 22.8 Å². The highest BCUT2D eigenvalue weighted by Gasteiger charge is 2.15. The Labute approximate surface area is 146 Å². The standard InChI is InChI=1S/C16H12ClF2N3OS/c1-23-14-3-2-10(17)7-13(14)22-15(20-21-16(22)24)6-9-4-11(18)8-12(19)5-9/h2-5,7-8H,6H2,1H3,(H,21,24). The van der Waals surface area contributed by atoms with Gasteiger partial charge in [-0.05, 0) is 48.1 Å². The molecule has 0 saturated heterocycles. The molecule has 0 unspecified atom stereocenters. The van der Waals surface area contributed by atoms with Crippen LogP contribution in [0.25, 0.3) is 5.69 Å². The van der Waals surface area contributed by atoms with Crippen LogP contribution in [-0.2, 0) is 6.42 Å². The zero-order valence-electron chi connectivity index (χ0n) is 12.5. The van der Waals surface area contributed by atoms with Gasteiger partial charge in [0.05, 0.1) is 12.8 Å². The van der Waals surface area contributed by atoms with Crippen LogP contribution < -0.4 is 4.74 Å². The Balaban J connectivity index is 2.10. The maximum Gasteiger partial charge on any atom is 0.200 e. The van der Waals surface area contributed by atoms with Gasteiger partial charge in [-0.15, -0.1) is 0 Å². The molecule has 0 fully saturated rings. The number of H-pyrrole nitrogens is 1. The fourth-order valence-electron chi connectivity index (χ4n) is 2.43. The molecule has 0 aliphatic heterocycles. The van der Waals surface area contributed by atoms with Gasteiger partial charge in [0, 0.05) is 17.5 Å². The number of hydrogen-bond acceptors (Lipinski definition) is 3. The predicted molar refractivity (Wildman–Crippen MR) is 89.5 cm³/mol. The molecule has 1 aromatic heterocycles. The van der Waals surface area contributed by atoms with E-state index in [1.165, 1.54) is 19.2 Å². The van der Waals surface area contributed by atoms with E-state index in [9.17, 15) is 8.78 Å². The molecule has 8 heteroatoms.